The Hall–Kier alpha value is -1.50. The molecule has 2 rings (SSSR count). The lowest BCUT2D eigenvalue weighted by molar-refractivity contribution is 0.415. The number of ether oxygens (including phenoxy) is 1. The number of allylic oxidation sites excluding steroid dienone is 4. The summed E-state index contributed by atoms with van der Waals surface area (Å²) in [5, 5.41) is 0. The van der Waals surface area contributed by atoms with Crippen molar-refractivity contribution in [3.8, 4) is 5.75 Å². The minimum Gasteiger partial charge on any atom is -0.497 e. The van der Waals surface area contributed by atoms with Crippen molar-refractivity contribution in [3.63, 3.8) is 0 Å². The average Bonchev–Trinajstić information content (AvgIpc) is 2.29. The number of rotatable bonds is 2. The summed E-state index contributed by atoms with van der Waals surface area (Å²) in [5.41, 5.74) is 3.89. The lowest BCUT2D eigenvalue weighted by Crippen LogP contribution is -1.92. The molecule has 0 amide bonds. The van der Waals surface area contributed by atoms with E-state index in [4.69, 9.17) is 4.74 Å². The maximum atomic E-state index is 5.14. The molecular formula is C14H15O. The van der Waals surface area contributed by atoms with Gasteiger partial charge < -0.3 is 4.74 Å². The third-order valence-electron chi connectivity index (χ3n) is 2.58. The van der Waals surface area contributed by atoms with Crippen molar-refractivity contribution in [1.82, 2.24) is 0 Å². The van der Waals surface area contributed by atoms with Gasteiger partial charge in [-0.05, 0) is 43.0 Å². The van der Waals surface area contributed by atoms with E-state index < -0.39 is 0 Å². The van der Waals surface area contributed by atoms with Crippen LogP contribution in [0.1, 0.15) is 18.9 Å². The lowest BCUT2D eigenvalue weighted by Gasteiger charge is -2.11. The predicted molar refractivity (Wildman–Crippen MR) is 63.6 cm³/mol. The minimum atomic E-state index is 0.905. The maximum absolute atomic E-state index is 5.14. The van der Waals surface area contributed by atoms with Gasteiger partial charge >= 0.3 is 0 Å². The van der Waals surface area contributed by atoms with Gasteiger partial charge in [-0.2, -0.15) is 0 Å². The fourth-order valence-electron chi connectivity index (χ4n) is 1.72. The number of hydrogen-bond donors (Lipinski definition) is 0. The van der Waals surface area contributed by atoms with E-state index in [9.17, 15) is 0 Å². The first-order valence-corrected chi connectivity index (χ1v) is 5.15. The number of methoxy groups -OCH3 is 1. The van der Waals surface area contributed by atoms with Gasteiger partial charge in [-0.25, -0.2) is 0 Å². The molecule has 1 nitrogen and oxygen atoms in total. The first-order valence-electron chi connectivity index (χ1n) is 5.15. The molecule has 1 aromatic carbocycles. The summed E-state index contributed by atoms with van der Waals surface area (Å²) in [6.07, 6.45) is 7.72. The summed E-state index contributed by atoms with van der Waals surface area (Å²) in [7, 11) is 1.69. The van der Waals surface area contributed by atoms with Crippen molar-refractivity contribution in [3.05, 3.63) is 54.0 Å². The summed E-state index contributed by atoms with van der Waals surface area (Å²) in [5.74, 6) is 0.905. The Kier molecular flexibility index (Phi) is 2.91. The highest BCUT2D eigenvalue weighted by molar-refractivity contribution is 5.75. The molecule has 0 unspecified atom stereocenters. The van der Waals surface area contributed by atoms with Gasteiger partial charge in [-0.1, -0.05) is 29.9 Å². The molecule has 0 aromatic heterocycles. The Balaban J connectivity index is 2.26. The first-order chi connectivity index (χ1) is 7.29. The first kappa shape index (κ1) is 10.0. The van der Waals surface area contributed by atoms with E-state index >= 15 is 0 Å². The van der Waals surface area contributed by atoms with E-state index in [1.165, 1.54) is 16.7 Å². The molecule has 1 radical (unpaired) electrons. The highest BCUT2D eigenvalue weighted by Gasteiger charge is 2.05. The van der Waals surface area contributed by atoms with Crippen LogP contribution in [0.2, 0.25) is 0 Å². The van der Waals surface area contributed by atoms with Crippen LogP contribution in [0.25, 0.3) is 5.57 Å². The molecule has 77 valence electrons. The molecule has 1 aliphatic rings. The molecule has 0 saturated heterocycles. The molecule has 0 aliphatic heterocycles. The monoisotopic (exact) mass is 199 g/mol. The minimum absolute atomic E-state index is 0.905. The summed E-state index contributed by atoms with van der Waals surface area (Å²) in [6.45, 7) is 2.14. The van der Waals surface area contributed by atoms with E-state index in [0.717, 1.165) is 12.2 Å². The quantitative estimate of drug-likeness (QED) is 0.706. The Labute approximate surface area is 91.1 Å². The van der Waals surface area contributed by atoms with Crippen molar-refractivity contribution in [1.29, 1.82) is 0 Å². The second kappa shape index (κ2) is 4.35. The van der Waals surface area contributed by atoms with Crippen LogP contribution in [0.5, 0.6) is 5.75 Å². The summed E-state index contributed by atoms with van der Waals surface area (Å²) >= 11 is 0. The molecule has 0 N–H and O–H groups in total. The van der Waals surface area contributed by atoms with Gasteiger partial charge in [0.2, 0.25) is 0 Å². The average molecular weight is 199 g/mol. The topological polar surface area (TPSA) is 9.23 Å². The lowest BCUT2D eigenvalue weighted by atomic mass is 9.94. The van der Waals surface area contributed by atoms with Crippen LogP contribution in [0.15, 0.2) is 42.0 Å². The zero-order valence-corrected chi connectivity index (χ0v) is 9.16. The Morgan fingerprint density at radius 2 is 1.87 bits per heavy atom. The van der Waals surface area contributed by atoms with Gasteiger partial charge in [-0.3, -0.25) is 0 Å². The van der Waals surface area contributed by atoms with Gasteiger partial charge in [0.05, 0.1) is 7.11 Å². The smallest absolute Gasteiger partial charge is 0.118 e. The molecule has 0 heterocycles. The van der Waals surface area contributed by atoms with E-state index in [0.29, 0.717) is 0 Å². The van der Waals surface area contributed by atoms with E-state index in [1.807, 2.05) is 12.1 Å². The second-order valence-electron chi connectivity index (χ2n) is 3.72. The van der Waals surface area contributed by atoms with Gasteiger partial charge in [0.25, 0.3) is 0 Å². The van der Waals surface area contributed by atoms with E-state index in [2.05, 4.69) is 37.6 Å². The fraction of sp³-hybridized carbons (Fsp3) is 0.214. The summed E-state index contributed by atoms with van der Waals surface area (Å²) in [6, 6.07) is 8.19. The number of hydrogen-bond acceptors (Lipinski definition) is 1. The second-order valence-corrected chi connectivity index (χ2v) is 3.72. The van der Waals surface area contributed by atoms with Crippen LogP contribution in [-0.2, 0) is 0 Å². The third-order valence-corrected chi connectivity index (χ3v) is 2.58. The van der Waals surface area contributed by atoms with Gasteiger partial charge in [0, 0.05) is 0 Å². The van der Waals surface area contributed by atoms with Crippen LogP contribution < -0.4 is 4.74 Å². The van der Waals surface area contributed by atoms with Crippen molar-refractivity contribution in [2.24, 2.45) is 0 Å². The summed E-state index contributed by atoms with van der Waals surface area (Å²) in [4.78, 5) is 0. The SMILES string of the molecule is COc1ccc(C2=CC(C)=CC[CH]2)cc1. The van der Waals surface area contributed by atoms with Crippen molar-refractivity contribution in [2.45, 2.75) is 13.3 Å². The van der Waals surface area contributed by atoms with Crippen LogP contribution in [0, 0.1) is 6.42 Å². The van der Waals surface area contributed by atoms with Crippen LogP contribution in [-0.4, -0.2) is 7.11 Å². The predicted octanol–water partition coefficient (Wildman–Crippen LogP) is 3.63. The molecule has 1 aromatic rings. The van der Waals surface area contributed by atoms with Crippen molar-refractivity contribution >= 4 is 5.57 Å². The molecule has 1 aliphatic carbocycles. The number of benzene rings is 1. The standard InChI is InChI=1S/C14H15O/c1-11-4-3-5-13(10-11)12-6-8-14(15-2)9-7-12/h4-10H,3H2,1-2H3. The van der Waals surface area contributed by atoms with Crippen LogP contribution in [0.4, 0.5) is 0 Å². The summed E-state index contributed by atoms with van der Waals surface area (Å²) < 4.78 is 5.14. The zero-order valence-electron chi connectivity index (χ0n) is 9.16. The molecule has 1 heteroatoms. The molecule has 0 spiro atoms. The Morgan fingerprint density at radius 3 is 2.47 bits per heavy atom. The normalized spacial score (nSPS) is 15.6. The largest absolute Gasteiger partial charge is 0.497 e. The molecule has 0 atom stereocenters. The fourth-order valence-corrected chi connectivity index (χ4v) is 1.72. The molecule has 0 bridgehead atoms. The molecule has 15 heavy (non-hydrogen) atoms. The Bertz CT molecular complexity index is 396. The molecule has 0 saturated carbocycles. The van der Waals surface area contributed by atoms with Gasteiger partial charge in [0.15, 0.2) is 0 Å². The Morgan fingerprint density at radius 1 is 1.13 bits per heavy atom. The molecule has 0 fully saturated rings. The maximum Gasteiger partial charge on any atom is 0.118 e. The highest BCUT2D eigenvalue weighted by atomic mass is 16.5. The zero-order chi connectivity index (χ0) is 10.7. The van der Waals surface area contributed by atoms with Crippen molar-refractivity contribution < 1.29 is 4.74 Å². The highest BCUT2D eigenvalue weighted by Crippen LogP contribution is 2.26. The van der Waals surface area contributed by atoms with Gasteiger partial charge in [-0.15, -0.1) is 0 Å². The molecular weight excluding hydrogens is 184 g/mol. The van der Waals surface area contributed by atoms with Crippen molar-refractivity contribution in [2.75, 3.05) is 7.11 Å². The van der Waals surface area contributed by atoms with Crippen LogP contribution >= 0.6 is 0 Å². The van der Waals surface area contributed by atoms with E-state index in [1.54, 1.807) is 7.11 Å². The third kappa shape index (κ3) is 2.30. The van der Waals surface area contributed by atoms with Crippen LogP contribution in [0.3, 0.4) is 0 Å². The van der Waals surface area contributed by atoms with E-state index in [-0.39, 0.29) is 0 Å². The van der Waals surface area contributed by atoms with Gasteiger partial charge in [0.1, 0.15) is 5.75 Å².